The molecule has 2 aliphatic rings. The number of fused-ring (bicyclic) bond motifs is 1. The van der Waals surface area contributed by atoms with E-state index in [1.54, 1.807) is 0 Å². The Morgan fingerprint density at radius 2 is 2.00 bits per heavy atom. The van der Waals surface area contributed by atoms with Gasteiger partial charge in [-0.15, -0.1) is 0 Å². The van der Waals surface area contributed by atoms with E-state index in [1.807, 2.05) is 6.07 Å². The Labute approximate surface area is 114 Å². The van der Waals surface area contributed by atoms with E-state index in [0.29, 0.717) is 6.04 Å². The zero-order valence-corrected chi connectivity index (χ0v) is 11.5. The second-order valence-electron chi connectivity index (χ2n) is 5.46. The summed E-state index contributed by atoms with van der Waals surface area (Å²) in [6.07, 6.45) is 3.45. The molecule has 19 heavy (non-hydrogen) atoms. The molecule has 0 radical (unpaired) electrons. The van der Waals surface area contributed by atoms with E-state index in [4.69, 9.17) is 9.47 Å². The zero-order valence-electron chi connectivity index (χ0n) is 11.5. The molecule has 0 bridgehead atoms. The molecule has 2 aliphatic heterocycles. The van der Waals surface area contributed by atoms with Crippen molar-refractivity contribution in [2.75, 3.05) is 38.7 Å². The summed E-state index contributed by atoms with van der Waals surface area (Å²) in [5, 5.41) is 3.60. The second kappa shape index (κ2) is 5.70. The minimum atomic E-state index is 0.531. The molecule has 0 spiro atoms. The van der Waals surface area contributed by atoms with Crippen molar-refractivity contribution >= 4 is 5.69 Å². The lowest BCUT2D eigenvalue weighted by atomic mass is 10.1. The summed E-state index contributed by atoms with van der Waals surface area (Å²) in [4.78, 5) is 2.38. The summed E-state index contributed by atoms with van der Waals surface area (Å²) in [5.74, 6) is 1.73. The maximum absolute atomic E-state index is 5.72. The second-order valence-corrected chi connectivity index (χ2v) is 5.46. The van der Waals surface area contributed by atoms with Gasteiger partial charge in [0.2, 0.25) is 0 Å². The van der Waals surface area contributed by atoms with Gasteiger partial charge in [-0.2, -0.15) is 0 Å². The van der Waals surface area contributed by atoms with Crippen LogP contribution in [0.3, 0.4) is 0 Å². The van der Waals surface area contributed by atoms with Gasteiger partial charge in [-0.05, 0) is 38.6 Å². The van der Waals surface area contributed by atoms with Crippen LogP contribution in [0.1, 0.15) is 19.3 Å². The normalized spacial score (nSPS) is 23.7. The predicted octanol–water partition coefficient (Wildman–Crippen LogP) is 2.35. The van der Waals surface area contributed by atoms with Crippen molar-refractivity contribution in [1.82, 2.24) is 4.90 Å². The van der Waals surface area contributed by atoms with E-state index in [1.165, 1.54) is 19.4 Å². The molecule has 1 aromatic carbocycles. The maximum Gasteiger partial charge on any atom is 0.163 e. The Hall–Kier alpha value is -1.42. The smallest absolute Gasteiger partial charge is 0.163 e. The van der Waals surface area contributed by atoms with Crippen molar-refractivity contribution in [3.05, 3.63) is 18.2 Å². The monoisotopic (exact) mass is 262 g/mol. The minimum Gasteiger partial charge on any atom is -0.490 e. The quantitative estimate of drug-likeness (QED) is 0.887. The van der Waals surface area contributed by atoms with Gasteiger partial charge in [-0.3, -0.25) is 0 Å². The fraction of sp³-hybridized carbons (Fsp3) is 0.600. The molecule has 0 saturated carbocycles. The fourth-order valence-electron chi connectivity index (χ4n) is 2.77. The lowest BCUT2D eigenvalue weighted by Crippen LogP contribution is -2.39. The molecule has 0 aliphatic carbocycles. The number of benzene rings is 1. The van der Waals surface area contributed by atoms with E-state index in [0.717, 1.165) is 43.4 Å². The van der Waals surface area contributed by atoms with Crippen LogP contribution in [0.25, 0.3) is 0 Å². The molecular formula is C15H22N2O2. The first-order chi connectivity index (χ1) is 9.31. The Morgan fingerprint density at radius 1 is 1.16 bits per heavy atom. The number of nitrogens with zero attached hydrogens (tertiary/aromatic N) is 1. The summed E-state index contributed by atoms with van der Waals surface area (Å²) < 4.78 is 11.4. The van der Waals surface area contributed by atoms with Gasteiger partial charge in [-0.1, -0.05) is 0 Å². The van der Waals surface area contributed by atoms with Crippen LogP contribution in [-0.4, -0.2) is 44.3 Å². The van der Waals surface area contributed by atoms with Crippen LogP contribution in [-0.2, 0) is 0 Å². The average Bonchev–Trinajstić information content (AvgIpc) is 2.63. The number of rotatable bonds is 2. The summed E-state index contributed by atoms with van der Waals surface area (Å²) in [6.45, 7) is 3.80. The standard InChI is InChI=1S/C15H22N2O2/c1-17-7-2-4-13(11-17)16-12-5-6-14-15(10-12)19-9-3-8-18-14/h5-6,10,13,16H,2-4,7-9,11H2,1H3. The molecule has 104 valence electrons. The van der Waals surface area contributed by atoms with E-state index in [2.05, 4.69) is 29.4 Å². The van der Waals surface area contributed by atoms with Gasteiger partial charge in [0.1, 0.15) is 0 Å². The van der Waals surface area contributed by atoms with Crippen LogP contribution < -0.4 is 14.8 Å². The number of anilines is 1. The van der Waals surface area contributed by atoms with Crippen LogP contribution in [0.15, 0.2) is 18.2 Å². The topological polar surface area (TPSA) is 33.7 Å². The van der Waals surface area contributed by atoms with Crippen molar-refractivity contribution < 1.29 is 9.47 Å². The van der Waals surface area contributed by atoms with Gasteiger partial charge in [0.25, 0.3) is 0 Å². The van der Waals surface area contributed by atoms with Crippen LogP contribution in [0, 0.1) is 0 Å². The average molecular weight is 262 g/mol. The number of likely N-dealkylation sites (N-methyl/N-ethyl adjacent to an activating group) is 1. The van der Waals surface area contributed by atoms with E-state index in [-0.39, 0.29) is 0 Å². The molecule has 4 heteroatoms. The molecule has 0 amide bonds. The molecule has 1 fully saturated rings. The molecule has 1 atom stereocenters. The highest BCUT2D eigenvalue weighted by atomic mass is 16.5. The number of ether oxygens (including phenoxy) is 2. The molecule has 2 heterocycles. The molecule has 1 N–H and O–H groups in total. The summed E-state index contributed by atoms with van der Waals surface area (Å²) in [5.41, 5.74) is 1.13. The maximum atomic E-state index is 5.72. The van der Waals surface area contributed by atoms with Crippen molar-refractivity contribution in [3.8, 4) is 11.5 Å². The van der Waals surface area contributed by atoms with Crippen LogP contribution in [0.5, 0.6) is 11.5 Å². The number of nitrogens with one attached hydrogen (secondary N) is 1. The molecule has 1 saturated heterocycles. The third-order valence-electron chi connectivity index (χ3n) is 3.74. The largest absolute Gasteiger partial charge is 0.490 e. The van der Waals surface area contributed by atoms with Crippen molar-refractivity contribution in [2.24, 2.45) is 0 Å². The minimum absolute atomic E-state index is 0.531. The number of hydrogen-bond donors (Lipinski definition) is 1. The summed E-state index contributed by atoms with van der Waals surface area (Å²) in [6, 6.07) is 6.69. The number of likely N-dealkylation sites (tertiary alicyclic amines) is 1. The van der Waals surface area contributed by atoms with Gasteiger partial charge in [0.15, 0.2) is 11.5 Å². The van der Waals surface area contributed by atoms with Crippen LogP contribution in [0.2, 0.25) is 0 Å². The first-order valence-electron chi connectivity index (χ1n) is 7.16. The lowest BCUT2D eigenvalue weighted by Gasteiger charge is -2.31. The molecule has 3 rings (SSSR count). The summed E-state index contributed by atoms with van der Waals surface area (Å²) >= 11 is 0. The predicted molar refractivity (Wildman–Crippen MR) is 76.2 cm³/mol. The van der Waals surface area contributed by atoms with E-state index in [9.17, 15) is 0 Å². The third-order valence-corrected chi connectivity index (χ3v) is 3.74. The highest BCUT2D eigenvalue weighted by Gasteiger charge is 2.18. The molecule has 1 aromatic rings. The van der Waals surface area contributed by atoms with Gasteiger partial charge < -0.3 is 19.7 Å². The third kappa shape index (κ3) is 3.13. The molecule has 0 aromatic heterocycles. The Kier molecular flexibility index (Phi) is 3.78. The summed E-state index contributed by atoms with van der Waals surface area (Å²) in [7, 11) is 2.18. The lowest BCUT2D eigenvalue weighted by molar-refractivity contribution is 0.261. The van der Waals surface area contributed by atoms with Gasteiger partial charge in [-0.25, -0.2) is 0 Å². The van der Waals surface area contributed by atoms with Crippen molar-refractivity contribution in [3.63, 3.8) is 0 Å². The Bertz CT molecular complexity index is 436. The number of hydrogen-bond acceptors (Lipinski definition) is 4. The van der Waals surface area contributed by atoms with Gasteiger partial charge in [0, 0.05) is 30.8 Å². The van der Waals surface area contributed by atoms with Crippen LogP contribution >= 0.6 is 0 Å². The zero-order chi connectivity index (χ0) is 13.1. The molecule has 1 unspecified atom stereocenters. The van der Waals surface area contributed by atoms with Gasteiger partial charge >= 0.3 is 0 Å². The Balaban J connectivity index is 1.69. The highest BCUT2D eigenvalue weighted by Crippen LogP contribution is 2.32. The SMILES string of the molecule is CN1CCCC(Nc2ccc3c(c2)OCCCO3)C1. The molecular weight excluding hydrogens is 240 g/mol. The Morgan fingerprint density at radius 3 is 2.84 bits per heavy atom. The van der Waals surface area contributed by atoms with Crippen molar-refractivity contribution in [1.29, 1.82) is 0 Å². The van der Waals surface area contributed by atoms with E-state index >= 15 is 0 Å². The number of piperidine rings is 1. The van der Waals surface area contributed by atoms with Gasteiger partial charge in [0.05, 0.1) is 13.2 Å². The highest BCUT2D eigenvalue weighted by molar-refractivity contribution is 5.55. The first kappa shape index (κ1) is 12.6. The molecule has 4 nitrogen and oxygen atoms in total. The van der Waals surface area contributed by atoms with E-state index < -0.39 is 0 Å². The first-order valence-corrected chi connectivity index (χ1v) is 7.16. The van der Waals surface area contributed by atoms with Crippen LogP contribution in [0.4, 0.5) is 5.69 Å². The van der Waals surface area contributed by atoms with Crippen molar-refractivity contribution in [2.45, 2.75) is 25.3 Å². The fourth-order valence-corrected chi connectivity index (χ4v) is 2.77.